The Morgan fingerprint density at radius 1 is 1.17 bits per heavy atom. The Morgan fingerprint density at radius 3 is 2.58 bits per heavy atom. The van der Waals surface area contributed by atoms with Crippen molar-refractivity contribution in [2.24, 2.45) is 5.92 Å². The van der Waals surface area contributed by atoms with Crippen molar-refractivity contribution in [2.75, 3.05) is 13.2 Å². The normalized spacial score (nSPS) is 17.5. The van der Waals surface area contributed by atoms with E-state index in [-0.39, 0.29) is 21.9 Å². The molecule has 3 rings (SSSR count). The molecule has 1 fully saturated rings. The van der Waals surface area contributed by atoms with Crippen LogP contribution >= 0.6 is 11.6 Å². The number of sulfonamides is 1. The lowest BCUT2D eigenvalue weighted by atomic mass is 9.88. The molecule has 0 bridgehead atoms. The van der Waals surface area contributed by atoms with Gasteiger partial charge in [0, 0.05) is 25.6 Å². The molecular formula is C17H19ClN2O3S. The number of ether oxygens (including phenoxy) is 1. The molecule has 1 saturated heterocycles. The second kappa shape index (κ2) is 7.61. The van der Waals surface area contributed by atoms with E-state index in [1.54, 1.807) is 30.6 Å². The Bertz CT molecular complexity index is 777. The highest BCUT2D eigenvalue weighted by Gasteiger charge is 2.30. The Kier molecular flexibility index (Phi) is 5.50. The smallest absolute Gasteiger partial charge is 0.242 e. The van der Waals surface area contributed by atoms with E-state index in [4.69, 9.17) is 16.3 Å². The predicted octanol–water partition coefficient (Wildman–Crippen LogP) is 3.18. The van der Waals surface area contributed by atoms with E-state index in [0.717, 1.165) is 18.4 Å². The fourth-order valence-electron chi connectivity index (χ4n) is 2.94. The van der Waals surface area contributed by atoms with Crippen molar-refractivity contribution in [2.45, 2.75) is 23.8 Å². The maximum atomic E-state index is 12.8. The fraction of sp³-hybridized carbons (Fsp3) is 0.353. The van der Waals surface area contributed by atoms with Crippen molar-refractivity contribution in [3.63, 3.8) is 0 Å². The Balaban J connectivity index is 1.93. The number of hydrogen-bond donors (Lipinski definition) is 1. The number of aromatic nitrogens is 1. The van der Waals surface area contributed by atoms with E-state index < -0.39 is 10.0 Å². The first-order valence-corrected chi connectivity index (χ1v) is 9.68. The first-order chi connectivity index (χ1) is 11.6. The van der Waals surface area contributed by atoms with Crippen LogP contribution in [0.5, 0.6) is 0 Å². The standard InChI is InChI=1S/C17H19ClN2O3S/c18-15-5-1-2-6-16(15)24(21,22)20-17(13-7-10-23-11-8-13)14-4-3-9-19-12-14/h1-6,9,12-13,17,20H,7-8,10-11H2/t17-/m0/s1. The van der Waals surface area contributed by atoms with Crippen LogP contribution in [0.3, 0.4) is 0 Å². The zero-order valence-electron chi connectivity index (χ0n) is 13.1. The third-order valence-corrected chi connectivity index (χ3v) is 6.13. The van der Waals surface area contributed by atoms with Crippen LogP contribution in [-0.4, -0.2) is 26.6 Å². The van der Waals surface area contributed by atoms with Crippen molar-refractivity contribution in [3.8, 4) is 0 Å². The molecule has 0 saturated carbocycles. The summed E-state index contributed by atoms with van der Waals surface area (Å²) in [5, 5.41) is 0.210. The minimum atomic E-state index is -3.74. The summed E-state index contributed by atoms with van der Waals surface area (Å²) in [5.41, 5.74) is 0.847. The molecule has 0 spiro atoms. The largest absolute Gasteiger partial charge is 0.381 e. The van der Waals surface area contributed by atoms with Crippen molar-refractivity contribution in [3.05, 3.63) is 59.4 Å². The number of pyridine rings is 1. The maximum Gasteiger partial charge on any atom is 0.242 e. The second-order valence-electron chi connectivity index (χ2n) is 5.77. The molecule has 0 amide bonds. The summed E-state index contributed by atoms with van der Waals surface area (Å²) in [6, 6.07) is 9.79. The van der Waals surface area contributed by atoms with Gasteiger partial charge in [-0.1, -0.05) is 29.8 Å². The minimum absolute atomic E-state index is 0.0904. The van der Waals surface area contributed by atoms with Crippen LogP contribution in [0.4, 0.5) is 0 Å². The van der Waals surface area contributed by atoms with Gasteiger partial charge in [0.15, 0.2) is 0 Å². The Hall–Kier alpha value is -1.47. The van der Waals surface area contributed by atoms with Crippen LogP contribution in [-0.2, 0) is 14.8 Å². The van der Waals surface area contributed by atoms with Gasteiger partial charge in [0.05, 0.1) is 11.1 Å². The lowest BCUT2D eigenvalue weighted by Gasteiger charge is -2.31. The van der Waals surface area contributed by atoms with E-state index in [2.05, 4.69) is 9.71 Å². The minimum Gasteiger partial charge on any atom is -0.381 e. The first-order valence-electron chi connectivity index (χ1n) is 7.82. The molecule has 1 aliphatic heterocycles. The van der Waals surface area contributed by atoms with Crippen LogP contribution in [0.25, 0.3) is 0 Å². The highest BCUT2D eigenvalue weighted by Crippen LogP contribution is 2.32. The lowest BCUT2D eigenvalue weighted by molar-refractivity contribution is 0.0564. The maximum absolute atomic E-state index is 12.8. The van der Waals surface area contributed by atoms with Gasteiger partial charge in [-0.05, 0) is 42.5 Å². The monoisotopic (exact) mass is 366 g/mol. The van der Waals surface area contributed by atoms with Crippen LogP contribution in [0, 0.1) is 5.92 Å². The fourth-order valence-corrected chi connectivity index (χ4v) is 4.75. The number of nitrogens with one attached hydrogen (secondary N) is 1. The molecule has 0 unspecified atom stereocenters. The van der Waals surface area contributed by atoms with E-state index in [1.807, 2.05) is 12.1 Å². The molecule has 2 heterocycles. The number of halogens is 1. The second-order valence-corrected chi connectivity index (χ2v) is 7.86. The SMILES string of the molecule is O=S(=O)(N[C@H](c1cccnc1)C1CCOCC1)c1ccccc1Cl. The average molecular weight is 367 g/mol. The number of hydrogen-bond acceptors (Lipinski definition) is 4. The molecule has 1 atom stereocenters. The lowest BCUT2D eigenvalue weighted by Crippen LogP contribution is -2.36. The van der Waals surface area contributed by atoms with Gasteiger partial charge in [-0.25, -0.2) is 13.1 Å². The molecule has 1 N–H and O–H groups in total. The summed E-state index contributed by atoms with van der Waals surface area (Å²) in [6.07, 6.45) is 4.97. The number of nitrogens with zero attached hydrogens (tertiary/aromatic N) is 1. The molecule has 0 aliphatic carbocycles. The van der Waals surface area contributed by atoms with Crippen LogP contribution in [0.1, 0.15) is 24.4 Å². The summed E-state index contributed by atoms with van der Waals surface area (Å²) in [5.74, 6) is 0.153. The van der Waals surface area contributed by atoms with Crippen molar-refractivity contribution >= 4 is 21.6 Å². The summed E-state index contributed by atoms with van der Waals surface area (Å²) in [7, 11) is -3.74. The van der Waals surface area contributed by atoms with Crippen molar-refractivity contribution < 1.29 is 13.2 Å². The molecule has 5 nitrogen and oxygen atoms in total. The average Bonchev–Trinajstić information content (AvgIpc) is 2.61. The molecule has 1 aromatic heterocycles. The van der Waals surface area contributed by atoms with E-state index >= 15 is 0 Å². The Labute approximate surface area is 147 Å². The van der Waals surface area contributed by atoms with Crippen LogP contribution < -0.4 is 4.72 Å². The van der Waals surface area contributed by atoms with E-state index in [1.165, 1.54) is 6.07 Å². The van der Waals surface area contributed by atoms with Crippen molar-refractivity contribution in [1.82, 2.24) is 9.71 Å². The molecule has 1 aromatic carbocycles. The Morgan fingerprint density at radius 2 is 1.92 bits per heavy atom. The third-order valence-electron chi connectivity index (χ3n) is 4.19. The summed E-state index contributed by atoms with van der Waals surface area (Å²) >= 11 is 6.07. The molecule has 2 aromatic rings. The zero-order chi connectivity index (χ0) is 17.0. The highest BCUT2D eigenvalue weighted by atomic mass is 35.5. The van der Waals surface area contributed by atoms with Crippen LogP contribution in [0.2, 0.25) is 5.02 Å². The van der Waals surface area contributed by atoms with E-state index in [0.29, 0.717) is 13.2 Å². The van der Waals surface area contributed by atoms with Gasteiger partial charge in [0.2, 0.25) is 10.0 Å². The summed E-state index contributed by atoms with van der Waals surface area (Å²) in [4.78, 5) is 4.22. The molecular weight excluding hydrogens is 348 g/mol. The number of rotatable bonds is 5. The third kappa shape index (κ3) is 3.95. The van der Waals surface area contributed by atoms with Crippen molar-refractivity contribution in [1.29, 1.82) is 0 Å². The molecule has 24 heavy (non-hydrogen) atoms. The molecule has 1 aliphatic rings. The number of benzene rings is 1. The first kappa shape index (κ1) is 17.4. The van der Waals surface area contributed by atoms with Crippen LogP contribution in [0.15, 0.2) is 53.7 Å². The quantitative estimate of drug-likeness (QED) is 0.882. The molecule has 0 radical (unpaired) electrons. The van der Waals surface area contributed by atoms with Gasteiger partial charge in [0.25, 0.3) is 0 Å². The highest BCUT2D eigenvalue weighted by molar-refractivity contribution is 7.89. The summed E-state index contributed by atoms with van der Waals surface area (Å²) < 4.78 is 33.9. The predicted molar refractivity (Wildman–Crippen MR) is 92.3 cm³/mol. The summed E-state index contributed by atoms with van der Waals surface area (Å²) in [6.45, 7) is 1.27. The van der Waals surface area contributed by atoms with Gasteiger partial charge in [-0.15, -0.1) is 0 Å². The van der Waals surface area contributed by atoms with Gasteiger partial charge < -0.3 is 4.74 Å². The van der Waals surface area contributed by atoms with Gasteiger partial charge in [-0.3, -0.25) is 4.98 Å². The van der Waals surface area contributed by atoms with Gasteiger partial charge >= 0.3 is 0 Å². The van der Waals surface area contributed by atoms with E-state index in [9.17, 15) is 8.42 Å². The topological polar surface area (TPSA) is 68.3 Å². The van der Waals surface area contributed by atoms with Gasteiger partial charge in [-0.2, -0.15) is 0 Å². The molecule has 128 valence electrons. The van der Waals surface area contributed by atoms with Gasteiger partial charge in [0.1, 0.15) is 4.90 Å². The molecule has 7 heteroatoms. The zero-order valence-corrected chi connectivity index (χ0v) is 14.6.